The van der Waals surface area contributed by atoms with Crippen LogP contribution in [-0.2, 0) is 10.2 Å². The van der Waals surface area contributed by atoms with Crippen molar-refractivity contribution in [1.29, 1.82) is 0 Å². The molecule has 1 aromatic heterocycles. The summed E-state index contributed by atoms with van der Waals surface area (Å²) in [6.45, 7) is 11.1. The fourth-order valence-corrected chi connectivity index (χ4v) is 6.28. The van der Waals surface area contributed by atoms with Crippen LogP contribution in [0, 0.1) is 11.8 Å². The topological polar surface area (TPSA) is 65.5 Å². The van der Waals surface area contributed by atoms with Gasteiger partial charge in [0.1, 0.15) is 11.6 Å². The molecule has 7 nitrogen and oxygen atoms in total. The van der Waals surface area contributed by atoms with E-state index in [1.165, 1.54) is 31.2 Å². The first-order valence-corrected chi connectivity index (χ1v) is 14.5. The maximum Gasteiger partial charge on any atom is 0.232 e. The van der Waals surface area contributed by atoms with E-state index in [0.29, 0.717) is 22.9 Å². The van der Waals surface area contributed by atoms with E-state index < -0.39 is 0 Å². The van der Waals surface area contributed by atoms with Crippen LogP contribution >= 0.6 is 12.2 Å². The van der Waals surface area contributed by atoms with E-state index in [2.05, 4.69) is 70.7 Å². The van der Waals surface area contributed by atoms with Gasteiger partial charge in [0.2, 0.25) is 5.95 Å². The van der Waals surface area contributed by atoms with Crippen molar-refractivity contribution in [2.45, 2.75) is 57.8 Å². The smallest absolute Gasteiger partial charge is 0.232 e. The average Bonchev–Trinajstić information content (AvgIpc) is 2.93. The van der Waals surface area contributed by atoms with Gasteiger partial charge in [0.15, 0.2) is 5.11 Å². The van der Waals surface area contributed by atoms with Crippen molar-refractivity contribution < 1.29 is 4.74 Å². The van der Waals surface area contributed by atoms with Crippen molar-refractivity contribution in [3.8, 4) is 0 Å². The molecule has 4 heterocycles. The third-order valence-electron chi connectivity index (χ3n) is 8.31. The molecule has 0 bridgehead atoms. The minimum atomic E-state index is 0.00694. The Hall–Kier alpha value is -2.45. The van der Waals surface area contributed by atoms with Crippen molar-refractivity contribution in [1.82, 2.24) is 15.3 Å². The lowest BCUT2D eigenvalue weighted by molar-refractivity contribution is 0.0515. The highest BCUT2D eigenvalue weighted by atomic mass is 32.1. The Morgan fingerprint density at radius 2 is 1.57 bits per heavy atom. The van der Waals surface area contributed by atoms with Crippen LogP contribution in [0.2, 0.25) is 0 Å². The normalized spacial score (nSPS) is 23.9. The van der Waals surface area contributed by atoms with Gasteiger partial charge in [-0.2, -0.15) is 9.97 Å². The second kappa shape index (κ2) is 11.9. The number of hydrogen-bond acceptors (Lipinski definition) is 6. The SMILES string of the molecule is C[C@@H]1CCCN(c2cc(N3CCC[C@@H](C)C3)nc(NC(=S)NCC3(c4ccccc4)CCOCC3)n2)C1. The van der Waals surface area contributed by atoms with Gasteiger partial charge in [0.25, 0.3) is 0 Å². The van der Waals surface area contributed by atoms with Crippen molar-refractivity contribution in [2.75, 3.05) is 61.1 Å². The van der Waals surface area contributed by atoms with E-state index in [1.807, 2.05) is 0 Å². The van der Waals surface area contributed by atoms with Crippen LogP contribution in [0.25, 0.3) is 0 Å². The van der Waals surface area contributed by atoms with Gasteiger partial charge < -0.3 is 25.2 Å². The minimum absolute atomic E-state index is 0.00694. The summed E-state index contributed by atoms with van der Waals surface area (Å²) in [5.74, 6) is 3.95. The molecule has 2 aromatic rings. The van der Waals surface area contributed by atoms with E-state index in [9.17, 15) is 0 Å². The molecule has 2 N–H and O–H groups in total. The van der Waals surface area contributed by atoms with Gasteiger partial charge in [0, 0.05) is 57.4 Å². The molecule has 0 radical (unpaired) electrons. The van der Waals surface area contributed by atoms with E-state index in [-0.39, 0.29) is 5.41 Å². The molecular formula is C29H42N6OS. The Kier molecular flexibility index (Phi) is 8.45. The lowest BCUT2D eigenvalue weighted by Gasteiger charge is -2.38. The summed E-state index contributed by atoms with van der Waals surface area (Å²) >= 11 is 5.78. The lowest BCUT2D eigenvalue weighted by atomic mass is 9.74. The Balaban J connectivity index is 1.33. The molecule has 3 saturated heterocycles. The van der Waals surface area contributed by atoms with Crippen molar-refractivity contribution in [3.05, 3.63) is 42.0 Å². The van der Waals surface area contributed by atoms with Gasteiger partial charge in [-0.25, -0.2) is 0 Å². The molecular weight excluding hydrogens is 480 g/mol. The minimum Gasteiger partial charge on any atom is -0.381 e. The first-order valence-electron chi connectivity index (χ1n) is 14.1. The average molecular weight is 523 g/mol. The number of nitrogens with zero attached hydrogens (tertiary/aromatic N) is 4. The highest BCUT2D eigenvalue weighted by molar-refractivity contribution is 7.80. The van der Waals surface area contributed by atoms with Crippen LogP contribution in [0.4, 0.5) is 17.6 Å². The molecule has 0 unspecified atom stereocenters. The highest BCUT2D eigenvalue weighted by Gasteiger charge is 2.34. The number of piperidine rings is 2. The summed E-state index contributed by atoms with van der Waals surface area (Å²) in [4.78, 5) is 14.7. The predicted molar refractivity (Wildman–Crippen MR) is 156 cm³/mol. The summed E-state index contributed by atoms with van der Waals surface area (Å²) in [5.41, 5.74) is 1.35. The zero-order valence-corrected chi connectivity index (χ0v) is 23.2. The molecule has 0 saturated carbocycles. The predicted octanol–water partition coefficient (Wildman–Crippen LogP) is 4.98. The van der Waals surface area contributed by atoms with Gasteiger partial charge in [0.05, 0.1) is 0 Å². The number of anilines is 3. The number of hydrogen-bond donors (Lipinski definition) is 2. The highest BCUT2D eigenvalue weighted by Crippen LogP contribution is 2.34. The van der Waals surface area contributed by atoms with Gasteiger partial charge >= 0.3 is 0 Å². The van der Waals surface area contributed by atoms with Gasteiger partial charge in [-0.1, -0.05) is 44.2 Å². The Bertz CT molecular complexity index is 1000. The largest absolute Gasteiger partial charge is 0.381 e. The maximum absolute atomic E-state index is 5.78. The molecule has 3 aliphatic heterocycles. The fraction of sp³-hybridized carbons (Fsp3) is 0.621. The third kappa shape index (κ3) is 6.52. The molecule has 37 heavy (non-hydrogen) atoms. The zero-order chi connectivity index (χ0) is 25.7. The van der Waals surface area contributed by atoms with Crippen LogP contribution < -0.4 is 20.4 Å². The maximum atomic E-state index is 5.78. The number of nitrogens with one attached hydrogen (secondary N) is 2. The number of thiocarbonyl (C=S) groups is 1. The zero-order valence-electron chi connectivity index (χ0n) is 22.4. The quantitative estimate of drug-likeness (QED) is 0.515. The number of ether oxygens (including phenoxy) is 1. The van der Waals surface area contributed by atoms with Crippen LogP contribution in [0.15, 0.2) is 36.4 Å². The van der Waals surface area contributed by atoms with Crippen LogP contribution in [0.5, 0.6) is 0 Å². The first-order chi connectivity index (χ1) is 18.0. The molecule has 5 rings (SSSR count). The Labute approximate surface area is 227 Å². The summed E-state index contributed by atoms with van der Waals surface area (Å²) in [6, 6.07) is 12.9. The van der Waals surface area contributed by atoms with E-state index in [0.717, 1.165) is 70.4 Å². The third-order valence-corrected chi connectivity index (χ3v) is 8.56. The van der Waals surface area contributed by atoms with Crippen molar-refractivity contribution in [2.24, 2.45) is 11.8 Å². The number of aromatic nitrogens is 2. The van der Waals surface area contributed by atoms with Crippen LogP contribution in [0.1, 0.15) is 57.9 Å². The lowest BCUT2D eigenvalue weighted by Crippen LogP contribution is -2.45. The molecule has 0 amide bonds. The fourth-order valence-electron chi connectivity index (χ4n) is 6.11. The van der Waals surface area contributed by atoms with Gasteiger partial charge in [-0.15, -0.1) is 0 Å². The molecule has 3 aliphatic rings. The second-order valence-corrected chi connectivity index (χ2v) is 11.8. The molecule has 1 aromatic carbocycles. The first kappa shape index (κ1) is 26.2. The summed E-state index contributed by atoms with van der Waals surface area (Å²) in [5, 5.41) is 7.43. The molecule has 200 valence electrons. The number of benzene rings is 1. The second-order valence-electron chi connectivity index (χ2n) is 11.4. The van der Waals surface area contributed by atoms with Crippen LogP contribution in [-0.4, -0.2) is 61.0 Å². The monoisotopic (exact) mass is 522 g/mol. The van der Waals surface area contributed by atoms with E-state index in [1.54, 1.807) is 0 Å². The Morgan fingerprint density at radius 3 is 2.14 bits per heavy atom. The summed E-state index contributed by atoms with van der Waals surface area (Å²) < 4.78 is 5.70. The van der Waals surface area contributed by atoms with Crippen molar-refractivity contribution in [3.63, 3.8) is 0 Å². The van der Waals surface area contributed by atoms with Gasteiger partial charge in [-0.3, -0.25) is 0 Å². The van der Waals surface area contributed by atoms with E-state index in [4.69, 9.17) is 26.9 Å². The Morgan fingerprint density at radius 1 is 0.973 bits per heavy atom. The molecule has 0 aliphatic carbocycles. The molecule has 3 fully saturated rings. The summed E-state index contributed by atoms with van der Waals surface area (Å²) in [6.07, 6.45) is 6.92. The van der Waals surface area contributed by atoms with Gasteiger partial charge in [-0.05, 0) is 68.1 Å². The van der Waals surface area contributed by atoms with Crippen molar-refractivity contribution >= 4 is 34.9 Å². The standard InChI is InChI=1S/C29H42N6OS/c1-22-8-6-14-34(19-22)25-18-26(35-15-7-9-23(2)20-35)32-27(31-25)33-28(37)30-21-29(12-16-36-17-13-29)24-10-4-3-5-11-24/h3-5,10-11,18,22-23H,6-9,12-17,19-21H2,1-2H3,(H2,30,31,32,33,37)/t22-,23-/m1/s1. The summed E-state index contributed by atoms with van der Waals surface area (Å²) in [7, 11) is 0. The van der Waals surface area contributed by atoms with Crippen LogP contribution in [0.3, 0.4) is 0 Å². The molecule has 2 atom stereocenters. The molecule has 8 heteroatoms. The molecule has 0 spiro atoms. The number of rotatable bonds is 6. The van der Waals surface area contributed by atoms with E-state index >= 15 is 0 Å².